The summed E-state index contributed by atoms with van der Waals surface area (Å²) < 4.78 is 7.15. The van der Waals surface area contributed by atoms with Crippen molar-refractivity contribution < 1.29 is 4.42 Å². The van der Waals surface area contributed by atoms with E-state index in [-0.39, 0.29) is 0 Å². The topological polar surface area (TPSA) is 80.8 Å². The highest BCUT2D eigenvalue weighted by atomic mass is 35.5. The van der Waals surface area contributed by atoms with Gasteiger partial charge in [0.1, 0.15) is 17.7 Å². The van der Waals surface area contributed by atoms with Crippen LogP contribution in [0.3, 0.4) is 0 Å². The molecule has 0 unspecified atom stereocenters. The minimum atomic E-state index is 0.370. The molecule has 3 N–H and O–H groups in total. The monoisotopic (exact) mass is 419 g/mol. The maximum atomic E-state index is 6.38. The quantitative estimate of drug-likeness (QED) is 0.204. The van der Waals surface area contributed by atoms with Gasteiger partial charge in [-0.2, -0.15) is 10.1 Å². The molecule has 9 heteroatoms. The number of halogens is 3. The zero-order chi connectivity index (χ0) is 19.0. The molecule has 27 heavy (non-hydrogen) atoms. The molecule has 0 bridgehead atoms. The van der Waals surface area contributed by atoms with E-state index >= 15 is 0 Å². The van der Waals surface area contributed by atoms with Crippen LogP contribution in [0.1, 0.15) is 5.69 Å². The van der Waals surface area contributed by atoms with Gasteiger partial charge in [0.2, 0.25) is 0 Å². The van der Waals surface area contributed by atoms with Crippen LogP contribution in [0.25, 0.3) is 17.1 Å². The fourth-order valence-corrected chi connectivity index (χ4v) is 3.21. The molecule has 2 aromatic heterocycles. The minimum Gasteiger partial charge on any atom is -0.432 e. The van der Waals surface area contributed by atoms with Gasteiger partial charge in [-0.05, 0) is 42.5 Å². The van der Waals surface area contributed by atoms with E-state index in [2.05, 4.69) is 15.4 Å². The van der Waals surface area contributed by atoms with Crippen LogP contribution in [0.2, 0.25) is 15.1 Å². The summed E-state index contributed by atoms with van der Waals surface area (Å²) in [6.45, 7) is 0. The second-order valence-electron chi connectivity index (χ2n) is 5.60. The first-order valence-electron chi connectivity index (χ1n) is 7.78. The largest absolute Gasteiger partial charge is 0.432 e. The number of hydrogen-bond donors (Lipinski definition) is 2. The number of fused-ring (bicyclic) bond motifs is 1. The number of imidazole rings is 1. The molecule has 0 aliphatic rings. The Balaban J connectivity index is 1.87. The highest BCUT2D eigenvalue weighted by Crippen LogP contribution is 2.33. The van der Waals surface area contributed by atoms with Crippen LogP contribution < -0.4 is 11.2 Å². The lowest BCUT2D eigenvalue weighted by Crippen LogP contribution is -2.18. The third kappa shape index (κ3) is 3.35. The Morgan fingerprint density at radius 3 is 2.56 bits per heavy atom. The van der Waals surface area contributed by atoms with Crippen molar-refractivity contribution in [3.8, 4) is 11.3 Å². The average Bonchev–Trinajstić information content (AvgIpc) is 3.25. The van der Waals surface area contributed by atoms with Crippen molar-refractivity contribution in [2.75, 3.05) is 5.32 Å². The van der Waals surface area contributed by atoms with Gasteiger partial charge in [0.05, 0.1) is 5.02 Å². The number of nitrogens with one attached hydrogen (secondary N) is 1. The second-order valence-corrected chi connectivity index (χ2v) is 6.88. The van der Waals surface area contributed by atoms with Crippen LogP contribution >= 0.6 is 34.8 Å². The summed E-state index contributed by atoms with van der Waals surface area (Å²) in [6, 6.07) is 12.3. The van der Waals surface area contributed by atoms with Gasteiger partial charge >= 0.3 is 5.84 Å². The summed E-state index contributed by atoms with van der Waals surface area (Å²) in [5.74, 6) is 6.43. The Bertz CT molecular complexity index is 1150. The number of aromatic nitrogens is 2. The van der Waals surface area contributed by atoms with Crippen molar-refractivity contribution in [3.05, 3.63) is 75.7 Å². The molecule has 0 atom stereocenters. The number of amidine groups is 1. The van der Waals surface area contributed by atoms with Crippen LogP contribution in [0.5, 0.6) is 0 Å². The molecule has 0 amide bonds. The predicted octanol–water partition coefficient (Wildman–Crippen LogP) is 5.29. The predicted molar refractivity (Wildman–Crippen MR) is 109 cm³/mol. The molecule has 0 saturated heterocycles. The molecule has 0 spiro atoms. The number of rotatable bonds is 3. The van der Waals surface area contributed by atoms with Gasteiger partial charge in [0.25, 0.3) is 0 Å². The van der Waals surface area contributed by atoms with Gasteiger partial charge in [-0.15, -0.1) is 0 Å². The zero-order valence-corrected chi connectivity index (χ0v) is 15.9. The lowest BCUT2D eigenvalue weighted by molar-refractivity contribution is 0.596. The standard InChI is InChI=1S/C18H12Cl3N5O/c19-10-1-4-12(5-2-10)23-17(25-22)16-15(24-18-26(16)7-8-27-18)13-9-11(20)3-6-14(13)21/h1-9H,22H2,(H,23,25). The zero-order valence-electron chi connectivity index (χ0n) is 13.7. The van der Waals surface area contributed by atoms with Crippen LogP contribution in [0.15, 0.2) is 64.4 Å². The molecule has 0 radical (unpaired) electrons. The van der Waals surface area contributed by atoms with Gasteiger partial charge in [-0.3, -0.25) is 4.40 Å². The van der Waals surface area contributed by atoms with Crippen molar-refractivity contribution in [3.63, 3.8) is 0 Å². The van der Waals surface area contributed by atoms with E-state index in [1.807, 2.05) is 12.1 Å². The number of hydrogen-bond acceptors (Lipinski definition) is 4. The molecule has 6 nitrogen and oxygen atoms in total. The molecule has 0 fully saturated rings. The number of oxazole rings is 1. The molecule has 0 aliphatic carbocycles. The number of benzene rings is 2. The van der Waals surface area contributed by atoms with Crippen molar-refractivity contribution in [1.82, 2.24) is 9.38 Å². The van der Waals surface area contributed by atoms with E-state index in [1.165, 1.54) is 6.26 Å². The minimum absolute atomic E-state index is 0.370. The molecule has 4 rings (SSSR count). The maximum absolute atomic E-state index is 6.38. The summed E-state index contributed by atoms with van der Waals surface area (Å²) in [6.07, 6.45) is 3.24. The normalized spacial score (nSPS) is 11.9. The highest BCUT2D eigenvalue weighted by Gasteiger charge is 2.23. The molecule has 136 valence electrons. The maximum Gasteiger partial charge on any atom is 0.306 e. The Kier molecular flexibility index (Phi) is 4.70. The molecule has 0 saturated carbocycles. The fourth-order valence-electron chi connectivity index (χ4n) is 2.70. The van der Waals surface area contributed by atoms with E-state index in [9.17, 15) is 0 Å². The van der Waals surface area contributed by atoms with Crippen LogP contribution in [-0.4, -0.2) is 15.2 Å². The van der Waals surface area contributed by atoms with Gasteiger partial charge in [0, 0.05) is 27.5 Å². The van der Waals surface area contributed by atoms with Gasteiger partial charge in [-0.25, -0.2) is 0 Å². The Morgan fingerprint density at radius 1 is 1.07 bits per heavy atom. The third-order valence-electron chi connectivity index (χ3n) is 3.91. The van der Waals surface area contributed by atoms with E-state index in [0.29, 0.717) is 43.7 Å². The van der Waals surface area contributed by atoms with Crippen molar-refractivity contribution in [2.45, 2.75) is 0 Å². The summed E-state index contributed by atoms with van der Waals surface area (Å²) in [4.78, 5) is 4.53. The van der Waals surface area contributed by atoms with E-state index in [1.54, 1.807) is 40.9 Å². The second kappa shape index (κ2) is 7.15. The Hall–Kier alpha value is -2.67. The summed E-state index contributed by atoms with van der Waals surface area (Å²) in [5, 5.41) is 8.73. The first-order valence-corrected chi connectivity index (χ1v) is 8.92. The summed E-state index contributed by atoms with van der Waals surface area (Å²) in [5.41, 5.74) is 2.51. The van der Waals surface area contributed by atoms with Gasteiger partial charge in [0.15, 0.2) is 5.84 Å². The van der Waals surface area contributed by atoms with Gasteiger partial charge < -0.3 is 15.6 Å². The molecule has 2 aromatic carbocycles. The molecular formula is C18H12Cl3N5O. The third-order valence-corrected chi connectivity index (χ3v) is 4.72. The number of nitrogens with zero attached hydrogens (tertiary/aromatic N) is 3. The highest BCUT2D eigenvalue weighted by molar-refractivity contribution is 6.35. The van der Waals surface area contributed by atoms with Crippen molar-refractivity contribution in [1.29, 1.82) is 0 Å². The van der Waals surface area contributed by atoms with Crippen LogP contribution in [-0.2, 0) is 0 Å². The van der Waals surface area contributed by atoms with E-state index in [0.717, 1.165) is 5.69 Å². The first kappa shape index (κ1) is 17.7. The van der Waals surface area contributed by atoms with Crippen LogP contribution in [0, 0.1) is 0 Å². The molecular weight excluding hydrogens is 409 g/mol. The smallest absolute Gasteiger partial charge is 0.306 e. The number of anilines is 1. The van der Waals surface area contributed by atoms with Gasteiger partial charge in [-0.1, -0.05) is 34.8 Å². The number of nitrogens with two attached hydrogens (primary N) is 1. The lowest BCUT2D eigenvalue weighted by atomic mass is 10.1. The Labute approximate surface area is 169 Å². The summed E-state index contributed by atoms with van der Waals surface area (Å²) in [7, 11) is 0. The van der Waals surface area contributed by atoms with Crippen LogP contribution in [0.4, 0.5) is 5.69 Å². The molecule has 2 heterocycles. The fraction of sp³-hybridized carbons (Fsp3) is 0. The molecule has 0 aliphatic heterocycles. The lowest BCUT2D eigenvalue weighted by Gasteiger charge is -2.11. The summed E-state index contributed by atoms with van der Waals surface area (Å²) >= 11 is 18.5. The average molecular weight is 421 g/mol. The first-order chi connectivity index (χ1) is 13.1. The molecule has 4 aromatic rings. The van der Waals surface area contributed by atoms with E-state index in [4.69, 9.17) is 45.1 Å². The van der Waals surface area contributed by atoms with Crippen molar-refractivity contribution >= 4 is 52.2 Å². The van der Waals surface area contributed by atoms with E-state index < -0.39 is 0 Å². The van der Waals surface area contributed by atoms with Crippen molar-refractivity contribution in [2.24, 2.45) is 10.9 Å². The Morgan fingerprint density at radius 2 is 1.81 bits per heavy atom. The number of hydrazone groups is 1. The SMILES string of the molecule is N/N=C(\Nc1ccc(Cl)cc1)c1c(-c2cc(Cl)ccc2Cl)nc2occn12.